The van der Waals surface area contributed by atoms with Crippen molar-refractivity contribution in [2.75, 3.05) is 26.8 Å². The highest BCUT2D eigenvalue weighted by atomic mass is 32.2. The molecule has 1 aliphatic heterocycles. The van der Waals surface area contributed by atoms with Crippen molar-refractivity contribution in [2.24, 2.45) is 0 Å². The normalized spacial score (nSPS) is 11.7. The molecule has 0 unspecified atom stereocenters. The van der Waals surface area contributed by atoms with Gasteiger partial charge in [0.1, 0.15) is 0 Å². The Balaban J connectivity index is 1.21. The van der Waals surface area contributed by atoms with Crippen molar-refractivity contribution in [3.63, 3.8) is 0 Å². The van der Waals surface area contributed by atoms with Crippen LogP contribution in [0.15, 0.2) is 46.0 Å². The van der Waals surface area contributed by atoms with E-state index in [2.05, 4.69) is 20.8 Å². The molecule has 0 radical (unpaired) electrons. The highest BCUT2D eigenvalue weighted by molar-refractivity contribution is 7.99. The summed E-state index contributed by atoms with van der Waals surface area (Å²) in [7, 11) is 3.01. The molecule has 0 aliphatic carbocycles. The Morgan fingerprint density at radius 1 is 0.971 bits per heavy atom. The number of thioether (sulfide) groups is 1. The first-order valence-corrected chi connectivity index (χ1v) is 11.1. The van der Waals surface area contributed by atoms with Gasteiger partial charge in [-0.25, -0.2) is 0 Å². The van der Waals surface area contributed by atoms with Gasteiger partial charge in [0, 0.05) is 12.1 Å². The summed E-state index contributed by atoms with van der Waals surface area (Å²) in [6.45, 7) is 0.595. The fraction of sp³-hybridized carbons (Fsp3) is 0.273. The lowest BCUT2D eigenvalue weighted by atomic mass is 10.2. The van der Waals surface area contributed by atoms with Crippen molar-refractivity contribution in [2.45, 2.75) is 18.3 Å². The topological polar surface area (TPSA) is 134 Å². The van der Waals surface area contributed by atoms with Crippen molar-refractivity contribution in [3.8, 4) is 23.0 Å². The van der Waals surface area contributed by atoms with Gasteiger partial charge in [-0.2, -0.15) is 0 Å². The summed E-state index contributed by atoms with van der Waals surface area (Å²) in [5.41, 5.74) is 1.29. The van der Waals surface area contributed by atoms with Crippen LogP contribution in [-0.4, -0.2) is 48.8 Å². The lowest BCUT2D eigenvalue weighted by Crippen LogP contribution is -2.24. The second-order valence-corrected chi connectivity index (χ2v) is 7.89. The summed E-state index contributed by atoms with van der Waals surface area (Å²) in [6.07, 6.45) is 0. The molecule has 178 valence electrons. The van der Waals surface area contributed by atoms with Gasteiger partial charge in [0.25, 0.3) is 11.1 Å². The molecular weight excluding hydrogens is 464 g/mol. The lowest BCUT2D eigenvalue weighted by Gasteiger charge is -2.09. The number of aromatic nitrogens is 2. The largest absolute Gasteiger partial charge is 0.493 e. The van der Waals surface area contributed by atoms with Crippen molar-refractivity contribution in [3.05, 3.63) is 53.4 Å². The SMILES string of the molecule is COc1ccc(C(=O)NCc2nnc(SCC(=O)NCc3ccc4c(c3)OCO4)o2)cc1OC. The summed E-state index contributed by atoms with van der Waals surface area (Å²) in [5.74, 6) is 2.12. The van der Waals surface area contributed by atoms with E-state index >= 15 is 0 Å². The molecule has 0 spiro atoms. The van der Waals surface area contributed by atoms with Gasteiger partial charge in [-0.15, -0.1) is 10.2 Å². The van der Waals surface area contributed by atoms with Crippen LogP contribution >= 0.6 is 11.8 Å². The summed E-state index contributed by atoms with van der Waals surface area (Å²) in [6, 6.07) is 10.3. The van der Waals surface area contributed by atoms with Gasteiger partial charge in [0.05, 0.1) is 26.5 Å². The van der Waals surface area contributed by atoms with Crippen LogP contribution in [0.3, 0.4) is 0 Å². The van der Waals surface area contributed by atoms with Crippen molar-refractivity contribution >= 4 is 23.6 Å². The average Bonchev–Trinajstić information content (AvgIpc) is 3.53. The fourth-order valence-corrected chi connectivity index (χ4v) is 3.64. The van der Waals surface area contributed by atoms with Crippen molar-refractivity contribution < 1.29 is 33.0 Å². The van der Waals surface area contributed by atoms with Crippen LogP contribution < -0.4 is 29.6 Å². The minimum atomic E-state index is -0.337. The average molecular weight is 487 g/mol. The first kappa shape index (κ1) is 23.2. The maximum absolute atomic E-state index is 12.4. The number of rotatable bonds is 10. The van der Waals surface area contributed by atoms with Gasteiger partial charge in [-0.05, 0) is 35.9 Å². The van der Waals surface area contributed by atoms with Gasteiger partial charge in [0.2, 0.25) is 18.6 Å². The third kappa shape index (κ3) is 5.70. The molecule has 2 N–H and O–H groups in total. The Hall–Kier alpha value is -3.93. The molecule has 2 heterocycles. The minimum Gasteiger partial charge on any atom is -0.493 e. The molecule has 3 aromatic rings. The summed E-state index contributed by atoms with van der Waals surface area (Å²) in [5, 5.41) is 13.5. The maximum atomic E-state index is 12.4. The van der Waals surface area contributed by atoms with E-state index < -0.39 is 0 Å². The molecule has 0 fully saturated rings. The van der Waals surface area contributed by atoms with Crippen LogP contribution in [0.2, 0.25) is 0 Å². The first-order valence-electron chi connectivity index (χ1n) is 10.2. The van der Waals surface area contributed by atoms with Crippen LogP contribution in [0.25, 0.3) is 0 Å². The molecule has 0 bridgehead atoms. The molecular formula is C22H22N4O7S. The highest BCUT2D eigenvalue weighted by Crippen LogP contribution is 2.32. The third-order valence-electron chi connectivity index (χ3n) is 4.75. The van der Waals surface area contributed by atoms with Crippen LogP contribution in [0, 0.1) is 0 Å². The lowest BCUT2D eigenvalue weighted by molar-refractivity contribution is -0.118. The Bertz CT molecular complexity index is 1180. The zero-order chi connectivity index (χ0) is 23.9. The summed E-state index contributed by atoms with van der Waals surface area (Å²) < 4.78 is 26.5. The molecule has 1 aromatic heterocycles. The smallest absolute Gasteiger partial charge is 0.277 e. The summed E-state index contributed by atoms with van der Waals surface area (Å²) in [4.78, 5) is 24.5. The highest BCUT2D eigenvalue weighted by Gasteiger charge is 2.15. The Labute approximate surface area is 199 Å². The number of fused-ring (bicyclic) bond motifs is 1. The molecule has 0 saturated heterocycles. The van der Waals surface area contributed by atoms with Gasteiger partial charge in [-0.1, -0.05) is 17.8 Å². The number of nitrogens with one attached hydrogen (secondary N) is 2. The number of carbonyl (C=O) groups is 2. The predicted octanol–water partition coefficient (Wildman–Crippen LogP) is 2.15. The van der Waals surface area contributed by atoms with E-state index in [0.29, 0.717) is 35.1 Å². The van der Waals surface area contributed by atoms with E-state index in [1.54, 1.807) is 18.2 Å². The molecule has 11 nitrogen and oxygen atoms in total. The van der Waals surface area contributed by atoms with E-state index in [1.807, 2.05) is 18.2 Å². The van der Waals surface area contributed by atoms with Crippen LogP contribution in [0.5, 0.6) is 23.0 Å². The molecule has 0 atom stereocenters. The van der Waals surface area contributed by atoms with E-state index in [4.69, 9.17) is 23.4 Å². The minimum absolute atomic E-state index is 0.0387. The van der Waals surface area contributed by atoms with Gasteiger partial charge >= 0.3 is 0 Å². The number of carbonyl (C=O) groups excluding carboxylic acids is 2. The number of ether oxygens (including phenoxy) is 4. The molecule has 34 heavy (non-hydrogen) atoms. The molecule has 4 rings (SSSR count). The second kappa shape index (κ2) is 10.8. The van der Waals surface area contributed by atoms with Crippen LogP contribution in [0.1, 0.15) is 21.8 Å². The Morgan fingerprint density at radius 2 is 1.79 bits per heavy atom. The van der Waals surface area contributed by atoms with Crippen molar-refractivity contribution in [1.82, 2.24) is 20.8 Å². The standard InChI is InChI=1S/C22H22N4O7S/c1-29-15-6-4-14(8-17(15)30-2)21(28)24-10-20-25-26-22(33-20)34-11-19(27)23-9-13-3-5-16-18(7-13)32-12-31-16/h3-8H,9-12H2,1-2H3,(H,23,27)(H,24,28). The molecule has 2 amide bonds. The molecule has 1 aliphatic rings. The van der Waals surface area contributed by atoms with E-state index in [9.17, 15) is 9.59 Å². The predicted molar refractivity (Wildman–Crippen MR) is 120 cm³/mol. The first-order chi connectivity index (χ1) is 16.6. The maximum Gasteiger partial charge on any atom is 0.277 e. The van der Waals surface area contributed by atoms with Gasteiger partial charge < -0.3 is 34.0 Å². The zero-order valence-corrected chi connectivity index (χ0v) is 19.3. The number of hydrogen-bond acceptors (Lipinski definition) is 10. The van der Waals surface area contributed by atoms with Crippen LogP contribution in [0.4, 0.5) is 0 Å². The van der Waals surface area contributed by atoms with Gasteiger partial charge in [-0.3, -0.25) is 9.59 Å². The number of methoxy groups -OCH3 is 2. The van der Waals surface area contributed by atoms with Gasteiger partial charge in [0.15, 0.2) is 23.0 Å². The number of nitrogens with zero attached hydrogens (tertiary/aromatic N) is 2. The van der Waals surface area contributed by atoms with E-state index in [0.717, 1.165) is 17.3 Å². The molecule has 2 aromatic carbocycles. The monoisotopic (exact) mass is 486 g/mol. The Morgan fingerprint density at radius 3 is 2.62 bits per heavy atom. The number of hydrogen-bond donors (Lipinski definition) is 2. The number of benzene rings is 2. The fourth-order valence-electron chi connectivity index (χ4n) is 3.03. The van der Waals surface area contributed by atoms with E-state index in [1.165, 1.54) is 14.2 Å². The zero-order valence-electron chi connectivity index (χ0n) is 18.5. The quantitative estimate of drug-likeness (QED) is 0.411. The van der Waals surface area contributed by atoms with Crippen molar-refractivity contribution in [1.29, 1.82) is 0 Å². The number of amides is 2. The van der Waals surface area contributed by atoms with Crippen LogP contribution in [-0.2, 0) is 17.9 Å². The molecule has 0 saturated carbocycles. The molecule has 12 heteroatoms. The second-order valence-electron chi connectivity index (χ2n) is 6.97. The summed E-state index contributed by atoms with van der Waals surface area (Å²) >= 11 is 1.10. The third-order valence-corrected chi connectivity index (χ3v) is 5.57. The van der Waals surface area contributed by atoms with E-state index in [-0.39, 0.29) is 42.0 Å². The Kier molecular flexibility index (Phi) is 7.38.